The Labute approximate surface area is 174 Å². The maximum atomic E-state index is 13.3. The number of para-hydroxylation sites is 1. The van der Waals surface area contributed by atoms with Crippen LogP contribution in [0.25, 0.3) is 23.0 Å². The van der Waals surface area contributed by atoms with Crippen LogP contribution >= 0.6 is 0 Å². The minimum atomic E-state index is -0.504. The Bertz CT molecular complexity index is 1040. The van der Waals surface area contributed by atoms with Crippen LogP contribution in [0.15, 0.2) is 66.9 Å². The molecular weight excluding hydrogens is 385 g/mol. The Hall–Kier alpha value is -3.74. The second-order valence-electron chi connectivity index (χ2n) is 6.81. The zero-order valence-corrected chi connectivity index (χ0v) is 16.7. The number of amides is 1. The number of rotatable bonds is 7. The SMILES string of the molecule is CC(C)OC(=O)CNC(=O)/C=C/c1cn(-c2ccccc2)nc1-c1ccc(F)cc1. The van der Waals surface area contributed by atoms with Crippen molar-refractivity contribution < 1.29 is 18.7 Å². The number of nitrogens with one attached hydrogen (secondary N) is 1. The Morgan fingerprint density at radius 1 is 1.13 bits per heavy atom. The molecule has 154 valence electrons. The van der Waals surface area contributed by atoms with Crippen LogP contribution in [0.3, 0.4) is 0 Å². The third-order valence-electron chi connectivity index (χ3n) is 4.07. The lowest BCUT2D eigenvalue weighted by molar-refractivity contribution is -0.147. The van der Waals surface area contributed by atoms with Gasteiger partial charge in [0.2, 0.25) is 5.91 Å². The van der Waals surface area contributed by atoms with Crippen molar-refractivity contribution in [3.63, 3.8) is 0 Å². The molecule has 1 heterocycles. The molecule has 1 aromatic heterocycles. The number of hydrogen-bond donors (Lipinski definition) is 1. The predicted octanol–water partition coefficient (Wildman–Crippen LogP) is 3.76. The van der Waals surface area contributed by atoms with E-state index < -0.39 is 11.9 Å². The first-order valence-corrected chi connectivity index (χ1v) is 9.49. The van der Waals surface area contributed by atoms with Gasteiger partial charge >= 0.3 is 5.97 Å². The Morgan fingerprint density at radius 3 is 2.50 bits per heavy atom. The standard InChI is InChI=1S/C23H22FN3O3/c1-16(2)30-22(29)14-25-21(28)13-10-18-15-27(20-6-4-3-5-7-20)26-23(18)17-8-11-19(24)12-9-17/h3-13,15-16H,14H2,1-2H3,(H,25,28)/b13-10+. The second kappa shape index (κ2) is 9.65. The number of hydrogen-bond acceptors (Lipinski definition) is 4. The summed E-state index contributed by atoms with van der Waals surface area (Å²) in [6.07, 6.45) is 4.47. The lowest BCUT2D eigenvalue weighted by Gasteiger charge is -2.07. The summed E-state index contributed by atoms with van der Waals surface area (Å²) in [4.78, 5) is 23.6. The predicted molar refractivity (Wildman–Crippen MR) is 112 cm³/mol. The summed E-state index contributed by atoms with van der Waals surface area (Å²) in [6.45, 7) is 3.26. The van der Waals surface area contributed by atoms with Gasteiger partial charge in [-0.1, -0.05) is 18.2 Å². The van der Waals surface area contributed by atoms with Crippen molar-refractivity contribution in [2.75, 3.05) is 6.54 Å². The fourth-order valence-corrected chi connectivity index (χ4v) is 2.74. The number of carbonyl (C=O) groups excluding carboxylic acids is 2. The Morgan fingerprint density at radius 2 is 1.83 bits per heavy atom. The Balaban J connectivity index is 1.82. The van der Waals surface area contributed by atoms with E-state index in [0.717, 1.165) is 5.69 Å². The molecule has 6 nitrogen and oxygen atoms in total. The normalized spacial score (nSPS) is 11.1. The fourth-order valence-electron chi connectivity index (χ4n) is 2.74. The molecule has 1 amide bonds. The Kier molecular flexibility index (Phi) is 6.75. The molecule has 2 aromatic carbocycles. The summed E-state index contributed by atoms with van der Waals surface area (Å²) in [5.41, 5.74) is 2.83. The van der Waals surface area contributed by atoms with E-state index in [1.807, 2.05) is 30.3 Å². The van der Waals surface area contributed by atoms with E-state index in [4.69, 9.17) is 4.74 Å². The van der Waals surface area contributed by atoms with Crippen LogP contribution < -0.4 is 5.32 Å². The minimum Gasteiger partial charge on any atom is -0.462 e. The van der Waals surface area contributed by atoms with Crippen LogP contribution in [-0.2, 0) is 14.3 Å². The number of benzene rings is 2. The molecule has 0 radical (unpaired) electrons. The molecule has 0 saturated heterocycles. The van der Waals surface area contributed by atoms with E-state index in [2.05, 4.69) is 10.4 Å². The average molecular weight is 407 g/mol. The van der Waals surface area contributed by atoms with Crippen LogP contribution in [-0.4, -0.2) is 34.3 Å². The molecule has 0 aliphatic rings. The quantitative estimate of drug-likeness (QED) is 0.478. The lowest BCUT2D eigenvalue weighted by Crippen LogP contribution is -2.30. The van der Waals surface area contributed by atoms with Crippen LogP contribution in [0.2, 0.25) is 0 Å². The molecule has 30 heavy (non-hydrogen) atoms. The highest BCUT2D eigenvalue weighted by molar-refractivity contribution is 5.94. The van der Waals surface area contributed by atoms with E-state index in [0.29, 0.717) is 16.8 Å². The van der Waals surface area contributed by atoms with Crippen LogP contribution in [0.1, 0.15) is 19.4 Å². The molecule has 0 atom stereocenters. The van der Waals surface area contributed by atoms with Gasteiger partial charge in [0.15, 0.2) is 0 Å². The van der Waals surface area contributed by atoms with Crippen LogP contribution in [0, 0.1) is 5.82 Å². The number of esters is 1. The second-order valence-corrected chi connectivity index (χ2v) is 6.81. The monoisotopic (exact) mass is 407 g/mol. The van der Waals surface area contributed by atoms with Gasteiger partial charge in [-0.3, -0.25) is 9.59 Å². The maximum absolute atomic E-state index is 13.3. The maximum Gasteiger partial charge on any atom is 0.325 e. The molecule has 0 fully saturated rings. The number of halogens is 1. The van der Waals surface area contributed by atoms with Gasteiger partial charge in [-0.2, -0.15) is 5.10 Å². The molecule has 3 rings (SSSR count). The number of ether oxygens (including phenoxy) is 1. The van der Waals surface area contributed by atoms with Crippen LogP contribution in [0.4, 0.5) is 4.39 Å². The third-order valence-corrected chi connectivity index (χ3v) is 4.07. The molecule has 0 aliphatic carbocycles. The van der Waals surface area contributed by atoms with Gasteiger partial charge in [-0.05, 0) is 56.3 Å². The number of nitrogens with zero attached hydrogens (tertiary/aromatic N) is 2. The van der Waals surface area contributed by atoms with Gasteiger partial charge in [-0.15, -0.1) is 0 Å². The van der Waals surface area contributed by atoms with Crippen molar-refractivity contribution in [2.45, 2.75) is 20.0 Å². The van der Waals surface area contributed by atoms with Crippen LogP contribution in [0.5, 0.6) is 0 Å². The molecule has 3 aromatic rings. The molecule has 0 bridgehead atoms. The largest absolute Gasteiger partial charge is 0.462 e. The van der Waals surface area contributed by atoms with Gasteiger partial charge in [0.05, 0.1) is 17.5 Å². The topological polar surface area (TPSA) is 73.2 Å². The van der Waals surface area contributed by atoms with Crippen molar-refractivity contribution >= 4 is 18.0 Å². The highest BCUT2D eigenvalue weighted by Gasteiger charge is 2.12. The van der Waals surface area contributed by atoms with Gasteiger partial charge < -0.3 is 10.1 Å². The van der Waals surface area contributed by atoms with Gasteiger partial charge in [0.1, 0.15) is 12.4 Å². The van der Waals surface area contributed by atoms with Crippen molar-refractivity contribution in [1.82, 2.24) is 15.1 Å². The highest BCUT2D eigenvalue weighted by atomic mass is 19.1. The first-order chi connectivity index (χ1) is 14.4. The minimum absolute atomic E-state index is 0.213. The fraction of sp³-hybridized carbons (Fsp3) is 0.174. The van der Waals surface area contributed by atoms with E-state index >= 15 is 0 Å². The van der Waals surface area contributed by atoms with Crippen molar-refractivity contribution in [3.8, 4) is 16.9 Å². The van der Waals surface area contributed by atoms with Gasteiger partial charge in [-0.25, -0.2) is 9.07 Å². The molecule has 0 saturated carbocycles. The van der Waals surface area contributed by atoms with Crippen molar-refractivity contribution in [3.05, 3.63) is 78.3 Å². The first-order valence-electron chi connectivity index (χ1n) is 9.49. The van der Waals surface area contributed by atoms with Crippen molar-refractivity contribution in [1.29, 1.82) is 0 Å². The molecule has 0 aliphatic heterocycles. The number of carbonyl (C=O) groups is 2. The van der Waals surface area contributed by atoms with Gasteiger partial charge in [0.25, 0.3) is 0 Å². The third kappa shape index (κ3) is 5.64. The smallest absolute Gasteiger partial charge is 0.325 e. The number of aromatic nitrogens is 2. The van der Waals surface area contributed by atoms with E-state index in [1.54, 1.807) is 42.9 Å². The summed E-state index contributed by atoms with van der Waals surface area (Å²) in [5, 5.41) is 7.09. The van der Waals surface area contributed by atoms with Gasteiger partial charge in [0, 0.05) is 23.4 Å². The summed E-state index contributed by atoms with van der Waals surface area (Å²) >= 11 is 0. The lowest BCUT2D eigenvalue weighted by atomic mass is 10.1. The summed E-state index contributed by atoms with van der Waals surface area (Å²) < 4.78 is 20.0. The summed E-state index contributed by atoms with van der Waals surface area (Å²) in [5.74, 6) is -1.28. The van der Waals surface area contributed by atoms with E-state index in [9.17, 15) is 14.0 Å². The van der Waals surface area contributed by atoms with Crippen molar-refractivity contribution in [2.24, 2.45) is 0 Å². The average Bonchev–Trinajstić information content (AvgIpc) is 3.16. The first kappa shape index (κ1) is 21.0. The van der Waals surface area contributed by atoms with E-state index in [-0.39, 0.29) is 18.5 Å². The molecule has 0 spiro atoms. The highest BCUT2D eigenvalue weighted by Crippen LogP contribution is 2.25. The molecular formula is C23H22FN3O3. The summed E-state index contributed by atoms with van der Waals surface area (Å²) in [7, 11) is 0. The molecule has 0 unspecified atom stereocenters. The molecule has 1 N–H and O–H groups in total. The molecule has 7 heteroatoms. The zero-order chi connectivity index (χ0) is 21.5. The summed E-state index contributed by atoms with van der Waals surface area (Å²) in [6, 6.07) is 15.5. The zero-order valence-electron chi connectivity index (χ0n) is 16.7. The van der Waals surface area contributed by atoms with E-state index in [1.165, 1.54) is 18.2 Å².